The average molecular weight is 622 g/mol. The third kappa shape index (κ3) is 6.18. The highest BCUT2D eigenvalue weighted by Crippen LogP contribution is 2.36. The predicted octanol–water partition coefficient (Wildman–Crippen LogP) is 3.28. The second kappa shape index (κ2) is 12.8. The molecule has 0 amide bonds. The Morgan fingerprint density at radius 3 is 2.80 bits per heavy atom. The van der Waals surface area contributed by atoms with Crippen LogP contribution in [0.4, 0.5) is 4.39 Å². The number of thiazole rings is 1. The number of aliphatic imine (C=N–C) groups is 1. The summed E-state index contributed by atoms with van der Waals surface area (Å²) < 4.78 is 20.3. The molecule has 0 aliphatic carbocycles. The maximum atomic E-state index is 14.8. The quantitative estimate of drug-likeness (QED) is 0.317. The van der Waals surface area contributed by atoms with E-state index in [1.165, 1.54) is 23.5 Å². The largest absolute Gasteiger partial charge is 0.481 e. The number of hydrogen-bond acceptors (Lipinski definition) is 11. The van der Waals surface area contributed by atoms with Crippen LogP contribution in [0.5, 0.6) is 0 Å². The minimum atomic E-state index is -0.996. The van der Waals surface area contributed by atoms with E-state index in [1.54, 1.807) is 46.0 Å². The summed E-state index contributed by atoms with van der Waals surface area (Å²) in [5.41, 5.74) is 0.919. The van der Waals surface area contributed by atoms with Crippen molar-refractivity contribution in [3.05, 3.63) is 74.9 Å². The van der Waals surface area contributed by atoms with Crippen LogP contribution in [0, 0.1) is 29.5 Å². The van der Waals surface area contributed by atoms with Crippen molar-refractivity contribution in [3.63, 3.8) is 0 Å². The minimum Gasteiger partial charge on any atom is -0.481 e. The zero-order chi connectivity index (χ0) is 31.6. The van der Waals surface area contributed by atoms with Crippen molar-refractivity contribution in [2.45, 2.75) is 39.8 Å². The van der Waals surface area contributed by atoms with Crippen LogP contribution in [0.15, 0.2) is 57.9 Å². The van der Waals surface area contributed by atoms with Crippen molar-refractivity contribution >= 4 is 29.1 Å². The number of nitrogens with one attached hydrogen (secondary N) is 1. The van der Waals surface area contributed by atoms with E-state index in [4.69, 9.17) is 9.73 Å². The molecule has 0 radical (unpaired) electrons. The van der Waals surface area contributed by atoms with Gasteiger partial charge in [-0.15, -0.1) is 11.3 Å². The number of halogens is 1. The first-order chi connectivity index (χ1) is 21.0. The van der Waals surface area contributed by atoms with Crippen LogP contribution >= 0.6 is 11.3 Å². The molecule has 0 saturated carbocycles. The van der Waals surface area contributed by atoms with Crippen molar-refractivity contribution < 1.29 is 23.8 Å². The standard InChI is InChI=1S/C31H36FN7O4S/c1-5-43-29(40)25-23(35-27(28-34-11-14-44-28)36-26(25)21-7-6-8-22(32)19(21)2)17-37-12-13-39-20(15-37)16-38(24(39)9-10-33)18-31(3,4)30(41)42/h6-9,11,14,20,26H,5,12-13,15-18H2,1-4H3,(H,35,36)(H,41,42). The van der Waals surface area contributed by atoms with Gasteiger partial charge in [0.05, 0.1) is 35.8 Å². The summed E-state index contributed by atoms with van der Waals surface area (Å²) in [6.45, 7) is 10.0. The molecule has 2 saturated heterocycles. The normalized spacial score (nSPS) is 21.5. The Morgan fingerprint density at radius 2 is 2.11 bits per heavy atom. The van der Waals surface area contributed by atoms with E-state index >= 15 is 0 Å². The first-order valence-corrected chi connectivity index (χ1v) is 15.4. The highest BCUT2D eigenvalue weighted by Gasteiger charge is 2.42. The van der Waals surface area contributed by atoms with Crippen molar-refractivity contribution in [1.82, 2.24) is 25.0 Å². The van der Waals surface area contributed by atoms with Crippen LogP contribution in [0.2, 0.25) is 0 Å². The molecule has 5 rings (SSSR count). The van der Waals surface area contributed by atoms with Gasteiger partial charge in [0.2, 0.25) is 0 Å². The summed E-state index contributed by atoms with van der Waals surface area (Å²) in [6, 6.07) is 6.11. The maximum absolute atomic E-state index is 14.8. The maximum Gasteiger partial charge on any atom is 0.338 e. The molecule has 11 nitrogen and oxygen atoms in total. The Bertz CT molecular complexity index is 1560. The van der Waals surface area contributed by atoms with Gasteiger partial charge < -0.3 is 25.0 Å². The molecule has 2 fully saturated rings. The van der Waals surface area contributed by atoms with Crippen LogP contribution in [0.1, 0.15) is 42.9 Å². The number of rotatable bonds is 9. The molecule has 4 heterocycles. The number of allylic oxidation sites excluding steroid dienone is 1. The number of amidine groups is 1. The molecule has 3 aliphatic heterocycles. The number of nitriles is 1. The molecule has 3 aliphatic rings. The van der Waals surface area contributed by atoms with Gasteiger partial charge in [-0.3, -0.25) is 14.7 Å². The van der Waals surface area contributed by atoms with Gasteiger partial charge in [-0.25, -0.2) is 14.2 Å². The Morgan fingerprint density at radius 1 is 1.32 bits per heavy atom. The number of aromatic nitrogens is 1. The summed E-state index contributed by atoms with van der Waals surface area (Å²) in [6.07, 6.45) is 3.17. The highest BCUT2D eigenvalue weighted by molar-refractivity contribution is 7.11. The molecule has 0 bridgehead atoms. The first kappa shape index (κ1) is 31.2. The number of ether oxygens (including phenoxy) is 1. The monoisotopic (exact) mass is 621 g/mol. The van der Waals surface area contributed by atoms with Crippen molar-refractivity contribution in [2.24, 2.45) is 10.4 Å². The molecule has 13 heteroatoms. The van der Waals surface area contributed by atoms with Crippen molar-refractivity contribution in [2.75, 3.05) is 45.9 Å². The number of carbonyl (C=O) groups is 2. The Hall–Kier alpha value is -4.28. The van der Waals surface area contributed by atoms with Crippen LogP contribution in [0.25, 0.3) is 0 Å². The van der Waals surface area contributed by atoms with Gasteiger partial charge in [0, 0.05) is 56.5 Å². The molecule has 2 N–H and O–H groups in total. The van der Waals surface area contributed by atoms with E-state index in [2.05, 4.69) is 26.2 Å². The highest BCUT2D eigenvalue weighted by atomic mass is 32.1. The summed E-state index contributed by atoms with van der Waals surface area (Å²) in [7, 11) is 0. The third-order valence-corrected chi connectivity index (χ3v) is 9.00. The number of hydrogen-bond donors (Lipinski definition) is 2. The fraction of sp³-hybridized carbons (Fsp3) is 0.452. The molecule has 0 spiro atoms. The topological polar surface area (TPSA) is 134 Å². The lowest BCUT2D eigenvalue weighted by Crippen LogP contribution is -2.52. The summed E-state index contributed by atoms with van der Waals surface area (Å²) in [5.74, 6) is -0.577. The summed E-state index contributed by atoms with van der Waals surface area (Å²) in [5, 5.41) is 25.1. The fourth-order valence-electron chi connectivity index (χ4n) is 5.96. The smallest absolute Gasteiger partial charge is 0.338 e. The zero-order valence-electron chi connectivity index (χ0n) is 25.2. The fourth-order valence-corrected chi connectivity index (χ4v) is 6.55. The third-order valence-electron chi connectivity index (χ3n) is 8.22. The van der Waals surface area contributed by atoms with Crippen molar-refractivity contribution in [3.8, 4) is 6.07 Å². The van der Waals surface area contributed by atoms with Gasteiger partial charge in [0.1, 0.15) is 17.7 Å². The Labute approximate surface area is 259 Å². The Balaban J connectivity index is 1.47. The van der Waals surface area contributed by atoms with Gasteiger partial charge in [0.25, 0.3) is 0 Å². The average Bonchev–Trinajstić information content (AvgIpc) is 3.63. The molecule has 2 aromatic rings. The number of esters is 1. The van der Waals surface area contributed by atoms with Crippen LogP contribution in [0.3, 0.4) is 0 Å². The number of fused-ring (bicyclic) bond motifs is 1. The number of carbonyl (C=O) groups excluding carboxylic acids is 1. The number of aliphatic carboxylic acids is 1. The van der Waals surface area contributed by atoms with Gasteiger partial charge in [-0.2, -0.15) is 5.26 Å². The molecule has 2 unspecified atom stereocenters. The minimum absolute atomic E-state index is 0.0107. The lowest BCUT2D eigenvalue weighted by Gasteiger charge is -2.39. The SMILES string of the molecule is CCOC(=O)C1=C(CN2CCN3C(=CC#N)N(CC(C)(C)C(=O)O)CC3C2)NC(c2nccs2)=NC1c1cccc(F)c1C. The molecular formula is C31H36FN7O4S. The second-order valence-corrected chi connectivity index (χ2v) is 12.6. The molecule has 232 valence electrons. The van der Waals surface area contributed by atoms with Crippen molar-refractivity contribution in [1.29, 1.82) is 5.26 Å². The summed E-state index contributed by atoms with van der Waals surface area (Å²) >= 11 is 1.41. The number of carboxylic acids is 1. The number of carboxylic acid groups (broad SMARTS) is 1. The lowest BCUT2D eigenvalue weighted by atomic mass is 9.92. The Kier molecular flexibility index (Phi) is 9.03. The van der Waals surface area contributed by atoms with E-state index in [1.807, 2.05) is 10.3 Å². The van der Waals surface area contributed by atoms with E-state index in [9.17, 15) is 24.3 Å². The molecule has 2 atom stereocenters. The van der Waals surface area contributed by atoms with E-state index in [0.717, 1.165) is 5.82 Å². The molecular weight excluding hydrogens is 585 g/mol. The zero-order valence-corrected chi connectivity index (χ0v) is 26.0. The van der Waals surface area contributed by atoms with Gasteiger partial charge in [0.15, 0.2) is 10.8 Å². The van der Waals surface area contributed by atoms with Gasteiger partial charge >= 0.3 is 11.9 Å². The summed E-state index contributed by atoms with van der Waals surface area (Å²) in [4.78, 5) is 41.1. The van der Waals surface area contributed by atoms with Crippen LogP contribution in [-0.4, -0.2) is 94.5 Å². The number of benzene rings is 1. The van der Waals surface area contributed by atoms with Gasteiger partial charge in [-0.05, 0) is 44.9 Å². The first-order valence-electron chi connectivity index (χ1n) is 14.5. The van der Waals surface area contributed by atoms with E-state index in [0.29, 0.717) is 66.0 Å². The van der Waals surface area contributed by atoms with E-state index in [-0.39, 0.29) is 25.0 Å². The van der Waals surface area contributed by atoms with Crippen LogP contribution in [-0.2, 0) is 14.3 Å². The van der Waals surface area contributed by atoms with Gasteiger partial charge in [-0.1, -0.05) is 12.1 Å². The molecule has 1 aromatic carbocycles. The lowest BCUT2D eigenvalue weighted by molar-refractivity contribution is -0.147. The number of nitrogens with zero attached hydrogens (tertiary/aromatic N) is 6. The van der Waals surface area contributed by atoms with Crippen LogP contribution < -0.4 is 5.32 Å². The molecule has 1 aromatic heterocycles. The second-order valence-electron chi connectivity index (χ2n) is 11.7. The van der Waals surface area contributed by atoms with E-state index < -0.39 is 23.4 Å². The molecule has 44 heavy (non-hydrogen) atoms. The number of piperazine rings is 1. The predicted molar refractivity (Wildman–Crippen MR) is 163 cm³/mol.